The van der Waals surface area contributed by atoms with Gasteiger partial charge in [0.15, 0.2) is 0 Å². The molecule has 5 nitrogen and oxygen atoms in total. The monoisotopic (exact) mass is 315 g/mol. The van der Waals surface area contributed by atoms with Crippen LogP contribution in [0.1, 0.15) is 24.8 Å². The Morgan fingerprint density at radius 3 is 3.17 bits per heavy atom. The van der Waals surface area contributed by atoms with Crippen LogP contribution in [-0.4, -0.2) is 39.1 Å². The summed E-state index contributed by atoms with van der Waals surface area (Å²) in [5.74, 6) is 0.696. The number of nitrogens with one attached hydrogen (secondary N) is 1. The highest BCUT2D eigenvalue weighted by molar-refractivity contribution is 6.30. The molecule has 0 aliphatic carbocycles. The molecule has 1 aromatic rings. The van der Waals surface area contributed by atoms with Crippen molar-refractivity contribution in [1.29, 1.82) is 0 Å². The molecular formula is C17H24BN2O3. The molecule has 1 aromatic carbocycles. The highest BCUT2D eigenvalue weighted by Gasteiger charge is 2.15. The summed E-state index contributed by atoms with van der Waals surface area (Å²) >= 11 is 0. The van der Waals surface area contributed by atoms with Gasteiger partial charge >= 0.3 is 7.48 Å². The van der Waals surface area contributed by atoms with Gasteiger partial charge in [0.1, 0.15) is 5.75 Å². The van der Waals surface area contributed by atoms with E-state index in [1.807, 2.05) is 36.4 Å². The molecular weight excluding hydrogens is 291 g/mol. The maximum atomic E-state index is 12.1. The fourth-order valence-electron chi connectivity index (χ4n) is 2.31. The van der Waals surface area contributed by atoms with Crippen molar-refractivity contribution >= 4 is 13.4 Å². The first-order valence-electron chi connectivity index (χ1n) is 8.09. The van der Waals surface area contributed by atoms with E-state index in [1.165, 1.54) is 0 Å². The molecule has 0 fully saturated rings. The minimum Gasteiger partial charge on any atom is -0.494 e. The fraction of sp³-hybridized carbons (Fsp3) is 0.471. The molecule has 123 valence electrons. The van der Waals surface area contributed by atoms with Crippen LogP contribution in [0.15, 0.2) is 36.4 Å². The van der Waals surface area contributed by atoms with Crippen LogP contribution in [0.25, 0.3) is 0 Å². The molecule has 0 saturated carbocycles. The standard InChI is InChI=1S/C17H24BN2O3/c19-9-2-4-10-22-15-7-5-6-14(12-15)13-17(21)20-16-8-1-3-11-23-18-16/h1,3,5-7,12,16H,2,4,8-11,13,19H2,(H,20,21). The third kappa shape index (κ3) is 6.88. The minimum absolute atomic E-state index is 0.0227. The molecule has 0 bridgehead atoms. The smallest absolute Gasteiger partial charge is 0.317 e. The summed E-state index contributed by atoms with van der Waals surface area (Å²) in [5, 5.41) is 2.96. The van der Waals surface area contributed by atoms with Crippen LogP contribution in [0.2, 0.25) is 0 Å². The van der Waals surface area contributed by atoms with E-state index in [4.69, 9.17) is 15.1 Å². The van der Waals surface area contributed by atoms with Crippen molar-refractivity contribution < 1.29 is 14.2 Å². The number of amides is 1. The van der Waals surface area contributed by atoms with Crippen LogP contribution in [0, 0.1) is 0 Å². The van der Waals surface area contributed by atoms with Gasteiger partial charge in [-0.15, -0.1) is 0 Å². The number of carbonyl (C=O) groups excluding carboxylic acids is 1. The van der Waals surface area contributed by atoms with E-state index in [0.717, 1.165) is 30.6 Å². The zero-order valence-electron chi connectivity index (χ0n) is 13.4. The summed E-state index contributed by atoms with van der Waals surface area (Å²) in [5.41, 5.74) is 6.39. The number of nitrogens with two attached hydrogens (primary N) is 1. The van der Waals surface area contributed by atoms with Gasteiger partial charge in [0.25, 0.3) is 0 Å². The Balaban J connectivity index is 1.79. The Labute approximate surface area is 138 Å². The number of hydrogen-bond donors (Lipinski definition) is 2. The van der Waals surface area contributed by atoms with Crippen molar-refractivity contribution in [2.24, 2.45) is 5.73 Å². The molecule has 2 rings (SSSR count). The molecule has 0 saturated heterocycles. The number of hydrogen-bond acceptors (Lipinski definition) is 4. The molecule has 0 aromatic heterocycles. The summed E-state index contributed by atoms with van der Waals surface area (Å²) in [4.78, 5) is 12.1. The van der Waals surface area contributed by atoms with Crippen LogP contribution in [-0.2, 0) is 15.9 Å². The summed E-state index contributed by atoms with van der Waals surface area (Å²) < 4.78 is 11.0. The molecule has 1 radical (unpaired) electrons. The van der Waals surface area contributed by atoms with E-state index in [1.54, 1.807) is 7.48 Å². The van der Waals surface area contributed by atoms with E-state index < -0.39 is 0 Å². The minimum atomic E-state index is -0.0723. The molecule has 1 aliphatic rings. The number of ether oxygens (including phenoxy) is 1. The van der Waals surface area contributed by atoms with E-state index in [0.29, 0.717) is 26.2 Å². The molecule has 1 aliphatic heterocycles. The highest BCUT2D eigenvalue weighted by Crippen LogP contribution is 2.14. The Morgan fingerprint density at radius 1 is 1.39 bits per heavy atom. The second-order valence-corrected chi connectivity index (χ2v) is 5.52. The van der Waals surface area contributed by atoms with Crippen molar-refractivity contribution in [3.63, 3.8) is 0 Å². The molecule has 0 spiro atoms. The van der Waals surface area contributed by atoms with Crippen LogP contribution >= 0.6 is 0 Å². The first-order chi connectivity index (χ1) is 11.3. The van der Waals surface area contributed by atoms with Gasteiger partial charge in [-0.25, -0.2) is 0 Å². The van der Waals surface area contributed by atoms with Gasteiger partial charge in [0.05, 0.1) is 13.0 Å². The normalized spacial score (nSPS) is 17.2. The lowest BCUT2D eigenvalue weighted by Gasteiger charge is -2.14. The van der Waals surface area contributed by atoms with E-state index >= 15 is 0 Å². The summed E-state index contributed by atoms with van der Waals surface area (Å²) in [6, 6.07) is 7.65. The topological polar surface area (TPSA) is 73.6 Å². The molecule has 1 heterocycles. The molecule has 23 heavy (non-hydrogen) atoms. The molecule has 6 heteroatoms. The lowest BCUT2D eigenvalue weighted by molar-refractivity contribution is -0.120. The quantitative estimate of drug-likeness (QED) is 0.432. The number of rotatable bonds is 8. The summed E-state index contributed by atoms with van der Waals surface area (Å²) in [7, 11) is 1.69. The van der Waals surface area contributed by atoms with E-state index in [9.17, 15) is 4.79 Å². The van der Waals surface area contributed by atoms with Crippen molar-refractivity contribution in [2.45, 2.75) is 31.6 Å². The average Bonchev–Trinajstić information content (AvgIpc) is 2.80. The maximum absolute atomic E-state index is 12.1. The summed E-state index contributed by atoms with van der Waals surface area (Å²) in [6.07, 6.45) is 6.95. The van der Waals surface area contributed by atoms with Crippen LogP contribution in [0.3, 0.4) is 0 Å². The van der Waals surface area contributed by atoms with Gasteiger partial charge in [0.2, 0.25) is 5.91 Å². The van der Waals surface area contributed by atoms with Gasteiger partial charge < -0.3 is 20.4 Å². The highest BCUT2D eigenvalue weighted by atomic mass is 16.5. The largest absolute Gasteiger partial charge is 0.494 e. The molecule has 3 N–H and O–H groups in total. The van der Waals surface area contributed by atoms with Crippen molar-refractivity contribution in [3.8, 4) is 5.75 Å². The lowest BCUT2D eigenvalue weighted by Crippen LogP contribution is -2.40. The fourth-order valence-corrected chi connectivity index (χ4v) is 2.31. The average molecular weight is 315 g/mol. The van der Waals surface area contributed by atoms with Crippen molar-refractivity contribution in [3.05, 3.63) is 42.0 Å². The van der Waals surface area contributed by atoms with Crippen LogP contribution in [0.5, 0.6) is 5.75 Å². The third-order valence-electron chi connectivity index (χ3n) is 3.49. The number of carbonyl (C=O) groups is 1. The second kappa shape index (κ2) is 10.1. The third-order valence-corrected chi connectivity index (χ3v) is 3.49. The Morgan fingerprint density at radius 2 is 2.30 bits per heavy atom. The maximum Gasteiger partial charge on any atom is 0.317 e. The van der Waals surface area contributed by atoms with E-state index in [-0.39, 0.29) is 11.8 Å². The Hall–Kier alpha value is -1.79. The predicted octanol–water partition coefficient (Wildman–Crippen LogP) is 1.38. The van der Waals surface area contributed by atoms with Crippen molar-refractivity contribution in [2.75, 3.05) is 19.8 Å². The molecule has 1 unspecified atom stereocenters. The molecule has 1 atom stereocenters. The lowest BCUT2D eigenvalue weighted by atomic mass is 9.85. The zero-order chi connectivity index (χ0) is 16.3. The number of benzene rings is 1. The Kier molecular flexibility index (Phi) is 7.70. The second-order valence-electron chi connectivity index (χ2n) is 5.52. The van der Waals surface area contributed by atoms with Gasteiger partial charge in [-0.05, 0) is 43.5 Å². The summed E-state index contributed by atoms with van der Waals surface area (Å²) in [6.45, 7) is 1.89. The SMILES string of the molecule is NCCCCOc1cccc(CC(=O)NC2[B]OCC=CC2)c1. The van der Waals surface area contributed by atoms with Gasteiger partial charge in [-0.2, -0.15) is 0 Å². The first kappa shape index (κ1) is 17.6. The van der Waals surface area contributed by atoms with Crippen LogP contribution in [0.4, 0.5) is 0 Å². The van der Waals surface area contributed by atoms with Gasteiger partial charge in [-0.3, -0.25) is 4.79 Å². The first-order valence-corrected chi connectivity index (χ1v) is 8.09. The van der Waals surface area contributed by atoms with Crippen molar-refractivity contribution in [1.82, 2.24) is 5.32 Å². The van der Waals surface area contributed by atoms with Gasteiger partial charge in [0, 0.05) is 12.5 Å². The Bertz CT molecular complexity index is 522. The van der Waals surface area contributed by atoms with Gasteiger partial charge in [-0.1, -0.05) is 24.3 Å². The van der Waals surface area contributed by atoms with Crippen LogP contribution < -0.4 is 15.8 Å². The molecule has 1 amide bonds. The number of unbranched alkanes of at least 4 members (excludes halogenated alkanes) is 1. The van der Waals surface area contributed by atoms with E-state index in [2.05, 4.69) is 5.32 Å². The zero-order valence-corrected chi connectivity index (χ0v) is 13.4. The predicted molar refractivity (Wildman–Crippen MR) is 91.3 cm³/mol.